The molecule has 0 spiro atoms. The second kappa shape index (κ2) is 5.15. The Hall–Kier alpha value is -2.04. The number of nitrogen functional groups attached to an aromatic ring is 1. The highest BCUT2D eigenvalue weighted by Gasteiger charge is 2.21. The van der Waals surface area contributed by atoms with Crippen molar-refractivity contribution >= 4 is 29.1 Å². The number of nitrogens with two attached hydrogens (primary N) is 1. The van der Waals surface area contributed by atoms with E-state index >= 15 is 0 Å². The molecular weight excluding hydrogens is 297 g/mol. The van der Waals surface area contributed by atoms with E-state index in [2.05, 4.69) is 10.1 Å². The Bertz CT molecular complexity index is 736. The number of aromatic nitrogens is 2. The molecule has 2 N–H and O–H groups in total. The van der Waals surface area contributed by atoms with Crippen LogP contribution in [0, 0.1) is 0 Å². The van der Waals surface area contributed by atoms with Crippen LogP contribution in [0.1, 0.15) is 0 Å². The Morgan fingerprint density at radius 2 is 1.75 bits per heavy atom. The monoisotopic (exact) mass is 305 g/mol. The molecule has 3 rings (SSSR count). The molecule has 0 aliphatic heterocycles. The standard InChI is InChI=1S/C14H9Cl2N3O/c15-9-4-1-5-10(16)11(9)12-13(19-20-14(12)17)8-3-2-6-18-7-8/h1-7H,17H2. The van der Waals surface area contributed by atoms with Crippen molar-refractivity contribution in [3.05, 3.63) is 52.8 Å². The molecule has 0 bridgehead atoms. The third-order valence-corrected chi connectivity index (χ3v) is 3.50. The molecule has 0 aliphatic rings. The first-order valence-corrected chi connectivity index (χ1v) is 6.54. The van der Waals surface area contributed by atoms with Gasteiger partial charge in [0.2, 0.25) is 5.88 Å². The number of pyridine rings is 1. The lowest BCUT2D eigenvalue weighted by Crippen LogP contribution is -1.90. The molecule has 0 fully saturated rings. The van der Waals surface area contributed by atoms with Crippen molar-refractivity contribution in [1.82, 2.24) is 10.1 Å². The molecular formula is C14H9Cl2N3O. The summed E-state index contributed by atoms with van der Waals surface area (Å²) < 4.78 is 5.10. The Morgan fingerprint density at radius 1 is 1.00 bits per heavy atom. The van der Waals surface area contributed by atoms with Gasteiger partial charge in [-0.15, -0.1) is 0 Å². The number of rotatable bonds is 2. The van der Waals surface area contributed by atoms with Crippen LogP contribution in [0.5, 0.6) is 0 Å². The second-order valence-electron chi connectivity index (χ2n) is 4.11. The van der Waals surface area contributed by atoms with Crippen molar-refractivity contribution in [2.24, 2.45) is 0 Å². The molecule has 20 heavy (non-hydrogen) atoms. The minimum atomic E-state index is 0.166. The Labute approximate surface area is 125 Å². The van der Waals surface area contributed by atoms with Crippen LogP contribution in [-0.4, -0.2) is 10.1 Å². The molecule has 2 heterocycles. The normalized spacial score (nSPS) is 10.7. The maximum absolute atomic E-state index is 6.23. The van der Waals surface area contributed by atoms with Crippen LogP contribution >= 0.6 is 23.2 Å². The zero-order valence-corrected chi connectivity index (χ0v) is 11.7. The Balaban J connectivity index is 2.28. The van der Waals surface area contributed by atoms with Crippen LogP contribution in [-0.2, 0) is 0 Å². The fourth-order valence-electron chi connectivity index (χ4n) is 1.98. The van der Waals surface area contributed by atoms with Crippen LogP contribution in [0.15, 0.2) is 47.2 Å². The van der Waals surface area contributed by atoms with E-state index in [1.807, 2.05) is 6.07 Å². The van der Waals surface area contributed by atoms with Gasteiger partial charge in [0, 0.05) is 23.5 Å². The van der Waals surface area contributed by atoms with Gasteiger partial charge in [-0.25, -0.2) is 0 Å². The van der Waals surface area contributed by atoms with E-state index in [0.29, 0.717) is 26.9 Å². The van der Waals surface area contributed by atoms with E-state index in [1.165, 1.54) is 0 Å². The summed E-state index contributed by atoms with van der Waals surface area (Å²) in [5.74, 6) is 0.166. The SMILES string of the molecule is Nc1onc(-c2cccnc2)c1-c1c(Cl)cccc1Cl. The Morgan fingerprint density at radius 3 is 2.40 bits per heavy atom. The number of nitrogens with zero attached hydrogens (tertiary/aromatic N) is 2. The van der Waals surface area contributed by atoms with Gasteiger partial charge < -0.3 is 10.3 Å². The molecule has 0 unspecified atom stereocenters. The molecule has 1 aromatic carbocycles. The van der Waals surface area contributed by atoms with Gasteiger partial charge in [-0.05, 0) is 24.3 Å². The molecule has 0 atom stereocenters. The number of anilines is 1. The van der Waals surface area contributed by atoms with Crippen molar-refractivity contribution < 1.29 is 4.52 Å². The summed E-state index contributed by atoms with van der Waals surface area (Å²) in [5, 5.41) is 4.95. The third kappa shape index (κ3) is 2.13. The number of halogens is 2. The van der Waals surface area contributed by atoms with Crippen molar-refractivity contribution in [3.63, 3.8) is 0 Å². The summed E-state index contributed by atoms with van der Waals surface area (Å²) in [6.07, 6.45) is 3.35. The van der Waals surface area contributed by atoms with Crippen LogP contribution in [0.2, 0.25) is 10.0 Å². The first-order chi connectivity index (χ1) is 9.68. The van der Waals surface area contributed by atoms with Gasteiger partial charge in [-0.2, -0.15) is 0 Å². The van der Waals surface area contributed by atoms with Gasteiger partial charge in [0.25, 0.3) is 0 Å². The van der Waals surface area contributed by atoms with Crippen LogP contribution < -0.4 is 5.73 Å². The second-order valence-corrected chi connectivity index (χ2v) is 4.92. The third-order valence-electron chi connectivity index (χ3n) is 2.87. The van der Waals surface area contributed by atoms with Crippen molar-refractivity contribution in [2.75, 3.05) is 5.73 Å². The summed E-state index contributed by atoms with van der Waals surface area (Å²) in [7, 11) is 0. The number of benzene rings is 1. The summed E-state index contributed by atoms with van der Waals surface area (Å²) in [6.45, 7) is 0. The highest BCUT2D eigenvalue weighted by atomic mass is 35.5. The topological polar surface area (TPSA) is 64.9 Å². The maximum atomic E-state index is 6.23. The van der Waals surface area contributed by atoms with Gasteiger partial charge in [-0.3, -0.25) is 4.98 Å². The number of hydrogen-bond donors (Lipinski definition) is 1. The van der Waals surface area contributed by atoms with E-state index in [0.717, 1.165) is 5.56 Å². The average molecular weight is 306 g/mol. The van der Waals surface area contributed by atoms with Gasteiger partial charge >= 0.3 is 0 Å². The van der Waals surface area contributed by atoms with E-state index in [1.54, 1.807) is 36.7 Å². The Kier molecular flexibility index (Phi) is 3.34. The van der Waals surface area contributed by atoms with Crippen molar-refractivity contribution in [1.29, 1.82) is 0 Å². The van der Waals surface area contributed by atoms with Crippen molar-refractivity contribution in [3.8, 4) is 22.4 Å². The molecule has 0 saturated carbocycles. The molecule has 6 heteroatoms. The summed E-state index contributed by atoms with van der Waals surface area (Å²) in [4.78, 5) is 4.06. The van der Waals surface area contributed by atoms with Crippen LogP contribution in [0.4, 0.5) is 5.88 Å². The molecule has 3 aromatic rings. The largest absolute Gasteiger partial charge is 0.367 e. The fourth-order valence-corrected chi connectivity index (χ4v) is 2.57. The maximum Gasteiger partial charge on any atom is 0.230 e. The molecule has 0 saturated heterocycles. The summed E-state index contributed by atoms with van der Waals surface area (Å²) in [5.41, 5.74) is 8.40. The molecule has 100 valence electrons. The lowest BCUT2D eigenvalue weighted by molar-refractivity contribution is 0.439. The molecule has 2 aromatic heterocycles. The zero-order valence-electron chi connectivity index (χ0n) is 10.2. The van der Waals surface area contributed by atoms with Gasteiger partial charge in [0.05, 0.1) is 15.6 Å². The highest BCUT2D eigenvalue weighted by Crippen LogP contribution is 2.42. The molecule has 0 aliphatic carbocycles. The fraction of sp³-hybridized carbons (Fsp3) is 0. The van der Waals surface area contributed by atoms with Crippen LogP contribution in [0.3, 0.4) is 0 Å². The predicted molar refractivity (Wildman–Crippen MR) is 79.6 cm³/mol. The van der Waals surface area contributed by atoms with Crippen LogP contribution in [0.25, 0.3) is 22.4 Å². The number of hydrogen-bond acceptors (Lipinski definition) is 4. The highest BCUT2D eigenvalue weighted by molar-refractivity contribution is 6.39. The predicted octanol–water partition coefficient (Wildman–Crippen LogP) is 4.29. The van der Waals surface area contributed by atoms with E-state index in [4.69, 9.17) is 33.5 Å². The lowest BCUT2D eigenvalue weighted by Gasteiger charge is -2.07. The first kappa shape index (κ1) is 13.0. The average Bonchev–Trinajstić information content (AvgIpc) is 2.82. The zero-order chi connectivity index (χ0) is 14.1. The van der Waals surface area contributed by atoms with E-state index in [9.17, 15) is 0 Å². The van der Waals surface area contributed by atoms with Gasteiger partial charge in [-0.1, -0.05) is 34.4 Å². The quantitative estimate of drug-likeness (QED) is 0.767. The van der Waals surface area contributed by atoms with E-state index < -0.39 is 0 Å². The van der Waals surface area contributed by atoms with Crippen molar-refractivity contribution in [2.45, 2.75) is 0 Å². The first-order valence-electron chi connectivity index (χ1n) is 5.78. The smallest absolute Gasteiger partial charge is 0.230 e. The molecule has 4 nitrogen and oxygen atoms in total. The molecule has 0 amide bonds. The lowest BCUT2D eigenvalue weighted by atomic mass is 10.0. The minimum Gasteiger partial charge on any atom is -0.367 e. The summed E-state index contributed by atoms with van der Waals surface area (Å²) in [6, 6.07) is 8.91. The van der Waals surface area contributed by atoms with Gasteiger partial charge in [0.15, 0.2) is 0 Å². The van der Waals surface area contributed by atoms with E-state index in [-0.39, 0.29) is 5.88 Å². The minimum absolute atomic E-state index is 0.166. The van der Waals surface area contributed by atoms with Gasteiger partial charge in [0.1, 0.15) is 5.69 Å². The molecule has 0 radical (unpaired) electrons. The summed E-state index contributed by atoms with van der Waals surface area (Å²) >= 11 is 12.5.